The molecule has 0 bridgehead atoms. The van der Waals surface area contributed by atoms with Crippen LogP contribution in [0.15, 0.2) is 48.5 Å². The number of hydrogen-bond donors (Lipinski definition) is 1. The average Bonchev–Trinajstić information content (AvgIpc) is 2.86. The Morgan fingerprint density at radius 3 is 2.71 bits per heavy atom. The van der Waals surface area contributed by atoms with Crippen molar-refractivity contribution in [1.29, 1.82) is 0 Å². The summed E-state index contributed by atoms with van der Waals surface area (Å²) in [6.07, 6.45) is 0. The van der Waals surface area contributed by atoms with Crippen LogP contribution < -0.4 is 10.2 Å². The minimum atomic E-state index is -0.174. The highest BCUT2D eigenvalue weighted by atomic mass is 32.1. The van der Waals surface area contributed by atoms with Crippen molar-refractivity contribution in [2.75, 3.05) is 17.3 Å². The Morgan fingerprint density at radius 2 is 1.95 bits per heavy atom. The van der Waals surface area contributed by atoms with Gasteiger partial charge in [-0.1, -0.05) is 18.2 Å². The summed E-state index contributed by atoms with van der Waals surface area (Å²) in [6.45, 7) is 1.98. The molecule has 106 valence electrons. The van der Waals surface area contributed by atoms with Crippen molar-refractivity contribution in [2.45, 2.75) is 6.92 Å². The highest BCUT2D eigenvalue weighted by Gasteiger charge is 2.11. The SMILES string of the molecule is Cc1nc2cc(NC(=O)N(C)c3ccccc3)ccc2s1. The molecule has 0 radical (unpaired) electrons. The fraction of sp³-hybridized carbons (Fsp3) is 0.125. The Balaban J connectivity index is 1.79. The number of para-hydroxylation sites is 1. The summed E-state index contributed by atoms with van der Waals surface area (Å²) in [7, 11) is 1.75. The Morgan fingerprint density at radius 1 is 1.19 bits per heavy atom. The third kappa shape index (κ3) is 2.87. The van der Waals surface area contributed by atoms with Crippen LogP contribution in [0.1, 0.15) is 5.01 Å². The Hall–Kier alpha value is -2.40. The van der Waals surface area contributed by atoms with E-state index in [9.17, 15) is 4.79 Å². The number of aromatic nitrogens is 1. The molecular formula is C16H15N3OS. The second-order valence-electron chi connectivity index (χ2n) is 4.74. The molecule has 1 N–H and O–H groups in total. The van der Waals surface area contributed by atoms with Crippen LogP contribution in [0.3, 0.4) is 0 Å². The van der Waals surface area contributed by atoms with E-state index >= 15 is 0 Å². The second-order valence-corrected chi connectivity index (χ2v) is 5.97. The number of carbonyl (C=O) groups excluding carboxylic acids is 1. The number of carbonyl (C=O) groups is 1. The second kappa shape index (κ2) is 5.54. The lowest BCUT2D eigenvalue weighted by molar-refractivity contribution is 0.258. The van der Waals surface area contributed by atoms with E-state index in [1.54, 1.807) is 23.3 Å². The zero-order valence-corrected chi connectivity index (χ0v) is 12.6. The molecule has 0 aliphatic carbocycles. The summed E-state index contributed by atoms with van der Waals surface area (Å²) in [6, 6.07) is 15.1. The Labute approximate surface area is 127 Å². The van der Waals surface area contributed by atoms with Crippen molar-refractivity contribution in [2.24, 2.45) is 0 Å². The molecule has 0 atom stereocenters. The largest absolute Gasteiger partial charge is 0.326 e. The van der Waals surface area contributed by atoms with Crippen molar-refractivity contribution >= 4 is 39.0 Å². The first-order valence-corrected chi connectivity index (χ1v) is 7.42. The molecule has 0 fully saturated rings. The topological polar surface area (TPSA) is 45.2 Å². The highest BCUT2D eigenvalue weighted by Crippen LogP contribution is 2.24. The van der Waals surface area contributed by atoms with Gasteiger partial charge < -0.3 is 5.32 Å². The molecule has 0 saturated heterocycles. The summed E-state index contributed by atoms with van der Waals surface area (Å²) in [5.41, 5.74) is 2.51. The van der Waals surface area contributed by atoms with Gasteiger partial charge in [0.2, 0.25) is 0 Å². The molecule has 0 saturated carbocycles. The number of urea groups is 1. The van der Waals surface area contributed by atoms with E-state index in [2.05, 4.69) is 10.3 Å². The van der Waals surface area contributed by atoms with Crippen LogP contribution in [0.25, 0.3) is 10.2 Å². The van der Waals surface area contributed by atoms with E-state index in [4.69, 9.17) is 0 Å². The van der Waals surface area contributed by atoms with Gasteiger partial charge in [-0.3, -0.25) is 4.90 Å². The van der Waals surface area contributed by atoms with Gasteiger partial charge in [-0.2, -0.15) is 0 Å². The van der Waals surface area contributed by atoms with E-state index in [1.807, 2.05) is 55.5 Å². The fourth-order valence-electron chi connectivity index (χ4n) is 2.10. The van der Waals surface area contributed by atoms with Gasteiger partial charge in [-0.05, 0) is 37.3 Å². The van der Waals surface area contributed by atoms with E-state index < -0.39 is 0 Å². The summed E-state index contributed by atoms with van der Waals surface area (Å²) in [5, 5.41) is 3.92. The van der Waals surface area contributed by atoms with E-state index in [0.717, 1.165) is 26.6 Å². The molecule has 0 aliphatic rings. The molecule has 1 heterocycles. The summed E-state index contributed by atoms with van der Waals surface area (Å²) in [4.78, 5) is 18.3. The van der Waals surface area contributed by atoms with Crippen molar-refractivity contribution in [3.8, 4) is 0 Å². The van der Waals surface area contributed by atoms with Gasteiger partial charge in [0.05, 0.1) is 15.2 Å². The third-order valence-corrected chi connectivity index (χ3v) is 4.15. The van der Waals surface area contributed by atoms with E-state index in [-0.39, 0.29) is 6.03 Å². The standard InChI is InChI=1S/C16H15N3OS/c1-11-17-14-10-12(8-9-15(14)21-11)18-16(20)19(2)13-6-4-3-5-7-13/h3-10H,1-2H3,(H,18,20). The smallest absolute Gasteiger partial charge is 0.307 e. The van der Waals surface area contributed by atoms with Crippen LogP contribution in [-0.2, 0) is 0 Å². The van der Waals surface area contributed by atoms with Gasteiger partial charge in [-0.15, -0.1) is 11.3 Å². The van der Waals surface area contributed by atoms with Crippen molar-refractivity contribution < 1.29 is 4.79 Å². The molecule has 2 aromatic carbocycles. The number of thiazole rings is 1. The fourth-order valence-corrected chi connectivity index (χ4v) is 2.90. The number of hydrogen-bond acceptors (Lipinski definition) is 3. The lowest BCUT2D eigenvalue weighted by Gasteiger charge is -2.17. The van der Waals surface area contributed by atoms with Crippen LogP contribution in [0.5, 0.6) is 0 Å². The maximum Gasteiger partial charge on any atom is 0.326 e. The van der Waals surface area contributed by atoms with Gasteiger partial charge in [0.1, 0.15) is 0 Å². The first-order valence-electron chi connectivity index (χ1n) is 6.60. The molecule has 3 aromatic rings. The van der Waals surface area contributed by atoms with Gasteiger partial charge in [0.25, 0.3) is 0 Å². The van der Waals surface area contributed by atoms with Crippen LogP contribution >= 0.6 is 11.3 Å². The number of amides is 2. The predicted octanol–water partition coefficient (Wildman–Crippen LogP) is 4.27. The summed E-state index contributed by atoms with van der Waals surface area (Å²) >= 11 is 1.65. The normalized spacial score (nSPS) is 10.6. The number of anilines is 2. The lowest BCUT2D eigenvalue weighted by Crippen LogP contribution is -2.31. The monoisotopic (exact) mass is 297 g/mol. The molecule has 4 nitrogen and oxygen atoms in total. The Bertz CT molecular complexity index is 783. The molecule has 0 unspecified atom stereocenters. The lowest BCUT2D eigenvalue weighted by atomic mass is 10.3. The molecular weight excluding hydrogens is 282 g/mol. The van der Waals surface area contributed by atoms with Crippen LogP contribution in [0.2, 0.25) is 0 Å². The van der Waals surface area contributed by atoms with Crippen molar-refractivity contribution in [3.05, 3.63) is 53.5 Å². The number of benzene rings is 2. The molecule has 0 aliphatic heterocycles. The quantitative estimate of drug-likeness (QED) is 0.767. The van der Waals surface area contributed by atoms with E-state index in [0.29, 0.717) is 0 Å². The first kappa shape index (κ1) is 13.6. The minimum Gasteiger partial charge on any atom is -0.307 e. The summed E-state index contributed by atoms with van der Waals surface area (Å²) < 4.78 is 1.13. The zero-order valence-electron chi connectivity index (χ0n) is 11.8. The van der Waals surface area contributed by atoms with Crippen LogP contribution in [-0.4, -0.2) is 18.1 Å². The van der Waals surface area contributed by atoms with Crippen LogP contribution in [0.4, 0.5) is 16.2 Å². The molecule has 1 aromatic heterocycles. The maximum absolute atomic E-state index is 12.3. The molecule has 0 spiro atoms. The van der Waals surface area contributed by atoms with Crippen LogP contribution in [0, 0.1) is 6.92 Å². The molecule has 21 heavy (non-hydrogen) atoms. The maximum atomic E-state index is 12.3. The molecule has 2 amide bonds. The van der Waals surface area contributed by atoms with Gasteiger partial charge >= 0.3 is 6.03 Å². The molecule has 3 rings (SSSR count). The zero-order chi connectivity index (χ0) is 14.8. The van der Waals surface area contributed by atoms with E-state index in [1.165, 1.54) is 0 Å². The van der Waals surface area contributed by atoms with Gasteiger partial charge in [-0.25, -0.2) is 9.78 Å². The number of nitrogens with one attached hydrogen (secondary N) is 1. The number of aryl methyl sites for hydroxylation is 1. The number of nitrogens with zero attached hydrogens (tertiary/aromatic N) is 2. The van der Waals surface area contributed by atoms with Crippen molar-refractivity contribution in [1.82, 2.24) is 4.98 Å². The average molecular weight is 297 g/mol. The predicted molar refractivity (Wildman–Crippen MR) is 88.2 cm³/mol. The third-order valence-electron chi connectivity index (χ3n) is 3.19. The Kier molecular flexibility index (Phi) is 3.58. The molecule has 5 heteroatoms. The number of fused-ring (bicyclic) bond motifs is 1. The summed E-state index contributed by atoms with van der Waals surface area (Å²) in [5.74, 6) is 0. The highest BCUT2D eigenvalue weighted by molar-refractivity contribution is 7.18. The van der Waals surface area contributed by atoms with Gasteiger partial charge in [0.15, 0.2) is 0 Å². The first-order chi connectivity index (χ1) is 10.1. The minimum absolute atomic E-state index is 0.174. The number of rotatable bonds is 2. The van der Waals surface area contributed by atoms with Gasteiger partial charge in [0, 0.05) is 18.4 Å². The van der Waals surface area contributed by atoms with Crippen molar-refractivity contribution in [3.63, 3.8) is 0 Å².